The summed E-state index contributed by atoms with van der Waals surface area (Å²) in [6.45, 7) is 8.55. The molecule has 1 atom stereocenters. The van der Waals surface area contributed by atoms with E-state index in [-0.39, 0.29) is 11.5 Å². The Morgan fingerprint density at radius 2 is 1.90 bits per heavy atom. The van der Waals surface area contributed by atoms with Crippen LogP contribution in [0.5, 0.6) is 0 Å². The van der Waals surface area contributed by atoms with Gasteiger partial charge in [-0.2, -0.15) is 4.98 Å². The summed E-state index contributed by atoms with van der Waals surface area (Å²) in [6, 6.07) is -0.194. The van der Waals surface area contributed by atoms with Gasteiger partial charge < -0.3 is 10.3 Å². The third-order valence-corrected chi connectivity index (χ3v) is 4.57. The molecule has 0 spiro atoms. The van der Waals surface area contributed by atoms with Crippen molar-refractivity contribution in [1.82, 2.24) is 10.1 Å². The lowest BCUT2D eigenvalue weighted by atomic mass is 9.80. The Morgan fingerprint density at radius 1 is 1.25 bits per heavy atom. The summed E-state index contributed by atoms with van der Waals surface area (Å²) in [4.78, 5) is 4.57. The number of nitrogens with two attached hydrogens (primary N) is 1. The van der Waals surface area contributed by atoms with Crippen molar-refractivity contribution >= 4 is 0 Å². The summed E-state index contributed by atoms with van der Waals surface area (Å²) in [5.41, 5.74) is 6.13. The summed E-state index contributed by atoms with van der Waals surface area (Å²) in [7, 11) is 0. The molecule has 1 aromatic heterocycles. The van der Waals surface area contributed by atoms with Gasteiger partial charge in [0.05, 0.1) is 6.04 Å². The van der Waals surface area contributed by atoms with E-state index < -0.39 is 0 Å². The SMILES string of the molecule is CCCC1CCC(c2noc([C@@H](N)C(C)(C)C)n2)CC1. The lowest BCUT2D eigenvalue weighted by Gasteiger charge is -2.26. The van der Waals surface area contributed by atoms with Crippen molar-refractivity contribution < 1.29 is 4.52 Å². The zero-order chi connectivity index (χ0) is 14.8. The summed E-state index contributed by atoms with van der Waals surface area (Å²) < 4.78 is 5.39. The minimum atomic E-state index is -0.194. The fraction of sp³-hybridized carbons (Fsp3) is 0.875. The first-order valence-corrected chi connectivity index (χ1v) is 8.01. The van der Waals surface area contributed by atoms with Gasteiger partial charge in [-0.15, -0.1) is 0 Å². The van der Waals surface area contributed by atoms with E-state index in [0.29, 0.717) is 11.8 Å². The molecule has 1 aromatic rings. The molecule has 0 radical (unpaired) electrons. The van der Waals surface area contributed by atoms with Gasteiger partial charge in [0.2, 0.25) is 5.89 Å². The van der Waals surface area contributed by atoms with Gasteiger partial charge in [-0.05, 0) is 37.0 Å². The van der Waals surface area contributed by atoms with Crippen LogP contribution in [-0.4, -0.2) is 10.1 Å². The average molecular weight is 279 g/mol. The van der Waals surface area contributed by atoms with Crippen LogP contribution in [0.4, 0.5) is 0 Å². The maximum absolute atomic E-state index is 6.18. The van der Waals surface area contributed by atoms with Crippen LogP contribution in [0.2, 0.25) is 0 Å². The van der Waals surface area contributed by atoms with Crippen LogP contribution in [0.15, 0.2) is 4.52 Å². The van der Waals surface area contributed by atoms with E-state index in [1.165, 1.54) is 38.5 Å². The molecule has 4 heteroatoms. The van der Waals surface area contributed by atoms with Crippen LogP contribution >= 0.6 is 0 Å². The fourth-order valence-corrected chi connectivity index (χ4v) is 3.03. The summed E-state index contributed by atoms with van der Waals surface area (Å²) in [5, 5.41) is 4.18. The predicted molar refractivity (Wildman–Crippen MR) is 80.3 cm³/mol. The van der Waals surface area contributed by atoms with Crippen molar-refractivity contribution in [3.8, 4) is 0 Å². The molecule has 0 unspecified atom stereocenters. The largest absolute Gasteiger partial charge is 0.338 e. The van der Waals surface area contributed by atoms with E-state index >= 15 is 0 Å². The van der Waals surface area contributed by atoms with E-state index in [9.17, 15) is 0 Å². The van der Waals surface area contributed by atoms with Gasteiger partial charge in [-0.25, -0.2) is 0 Å². The molecule has 2 N–H and O–H groups in total. The molecule has 1 fully saturated rings. The Bertz CT molecular complexity index is 414. The molecule has 20 heavy (non-hydrogen) atoms. The highest BCUT2D eigenvalue weighted by Gasteiger charge is 2.30. The zero-order valence-electron chi connectivity index (χ0n) is 13.4. The Hall–Kier alpha value is -0.900. The second kappa shape index (κ2) is 6.25. The second-order valence-corrected chi connectivity index (χ2v) is 7.34. The molecule has 1 aliphatic rings. The van der Waals surface area contributed by atoms with Gasteiger partial charge >= 0.3 is 0 Å². The van der Waals surface area contributed by atoms with Gasteiger partial charge in [-0.1, -0.05) is 45.7 Å². The minimum absolute atomic E-state index is 0.0530. The summed E-state index contributed by atoms with van der Waals surface area (Å²) >= 11 is 0. The third-order valence-electron chi connectivity index (χ3n) is 4.57. The van der Waals surface area contributed by atoms with Crippen LogP contribution in [0.1, 0.15) is 89.9 Å². The molecule has 1 aliphatic carbocycles. The minimum Gasteiger partial charge on any atom is -0.338 e. The first-order valence-electron chi connectivity index (χ1n) is 8.01. The molecule has 0 bridgehead atoms. The normalized spacial score (nSPS) is 25.6. The number of aromatic nitrogens is 2. The molecule has 0 amide bonds. The molecule has 4 nitrogen and oxygen atoms in total. The number of hydrogen-bond donors (Lipinski definition) is 1. The molecule has 2 rings (SSSR count). The van der Waals surface area contributed by atoms with Crippen LogP contribution in [0.25, 0.3) is 0 Å². The summed E-state index contributed by atoms with van der Waals surface area (Å²) in [6.07, 6.45) is 7.63. The molecule has 114 valence electrons. The van der Waals surface area contributed by atoms with E-state index in [2.05, 4.69) is 37.8 Å². The molecule has 1 heterocycles. The Morgan fingerprint density at radius 3 is 2.45 bits per heavy atom. The van der Waals surface area contributed by atoms with Gasteiger partial charge in [-0.3, -0.25) is 0 Å². The Labute approximate surface area is 122 Å². The van der Waals surface area contributed by atoms with Crippen molar-refractivity contribution in [3.63, 3.8) is 0 Å². The molecular formula is C16H29N3O. The van der Waals surface area contributed by atoms with Crippen molar-refractivity contribution in [2.24, 2.45) is 17.1 Å². The molecule has 0 saturated heterocycles. The van der Waals surface area contributed by atoms with E-state index in [0.717, 1.165) is 11.7 Å². The van der Waals surface area contributed by atoms with Gasteiger partial charge in [0.25, 0.3) is 0 Å². The Balaban J connectivity index is 1.97. The van der Waals surface area contributed by atoms with Crippen LogP contribution in [0.3, 0.4) is 0 Å². The van der Waals surface area contributed by atoms with E-state index in [1.807, 2.05) is 0 Å². The molecule has 0 aromatic carbocycles. The molecular weight excluding hydrogens is 250 g/mol. The topological polar surface area (TPSA) is 64.9 Å². The van der Waals surface area contributed by atoms with Gasteiger partial charge in [0.1, 0.15) is 0 Å². The highest BCUT2D eigenvalue weighted by Crippen LogP contribution is 2.37. The zero-order valence-corrected chi connectivity index (χ0v) is 13.4. The maximum atomic E-state index is 6.18. The quantitative estimate of drug-likeness (QED) is 0.897. The number of rotatable bonds is 4. The number of nitrogens with zero attached hydrogens (tertiary/aromatic N) is 2. The lowest BCUT2D eigenvalue weighted by Crippen LogP contribution is -2.26. The van der Waals surface area contributed by atoms with Crippen molar-refractivity contribution in [3.05, 3.63) is 11.7 Å². The number of hydrogen-bond acceptors (Lipinski definition) is 4. The fourth-order valence-electron chi connectivity index (χ4n) is 3.03. The van der Waals surface area contributed by atoms with Crippen molar-refractivity contribution in [1.29, 1.82) is 0 Å². The van der Waals surface area contributed by atoms with Crippen molar-refractivity contribution in [2.45, 2.75) is 78.2 Å². The first-order chi connectivity index (χ1) is 9.41. The molecule has 0 aliphatic heterocycles. The van der Waals surface area contributed by atoms with Crippen LogP contribution < -0.4 is 5.73 Å². The lowest BCUT2D eigenvalue weighted by molar-refractivity contribution is 0.250. The smallest absolute Gasteiger partial charge is 0.244 e. The van der Waals surface area contributed by atoms with Gasteiger partial charge in [0.15, 0.2) is 5.82 Å². The Kier molecular flexibility index (Phi) is 4.84. The maximum Gasteiger partial charge on any atom is 0.244 e. The monoisotopic (exact) mass is 279 g/mol. The van der Waals surface area contributed by atoms with Crippen LogP contribution in [-0.2, 0) is 0 Å². The van der Waals surface area contributed by atoms with Gasteiger partial charge in [0, 0.05) is 5.92 Å². The second-order valence-electron chi connectivity index (χ2n) is 7.34. The van der Waals surface area contributed by atoms with Crippen LogP contribution in [0, 0.1) is 11.3 Å². The first kappa shape index (κ1) is 15.5. The summed E-state index contributed by atoms with van der Waals surface area (Å²) in [5.74, 6) is 2.82. The predicted octanol–water partition coefficient (Wildman–Crippen LogP) is 4.19. The molecule has 1 saturated carbocycles. The highest BCUT2D eigenvalue weighted by molar-refractivity contribution is 5.02. The average Bonchev–Trinajstić information content (AvgIpc) is 2.87. The van der Waals surface area contributed by atoms with Crippen molar-refractivity contribution in [2.75, 3.05) is 0 Å². The third kappa shape index (κ3) is 3.60. The standard InChI is InChI=1S/C16H29N3O/c1-5-6-11-7-9-12(10-8-11)14-18-15(20-19-14)13(17)16(2,3)4/h11-13H,5-10,17H2,1-4H3/t11?,12?,13-/m1/s1. The highest BCUT2D eigenvalue weighted by atomic mass is 16.5. The van der Waals surface area contributed by atoms with E-state index in [4.69, 9.17) is 10.3 Å². The van der Waals surface area contributed by atoms with E-state index in [1.54, 1.807) is 0 Å².